The van der Waals surface area contributed by atoms with Crippen molar-refractivity contribution < 1.29 is 0 Å². The van der Waals surface area contributed by atoms with E-state index in [1.165, 1.54) is 54.8 Å². The first-order valence-corrected chi connectivity index (χ1v) is 16.4. The molecule has 0 saturated carbocycles. The number of hydrogen-bond donors (Lipinski definition) is 0. The zero-order chi connectivity index (χ0) is 31.9. The van der Waals surface area contributed by atoms with Crippen LogP contribution in [0.5, 0.6) is 0 Å². The molecule has 0 amide bonds. The fourth-order valence-corrected chi connectivity index (χ4v) is 7.16. The maximum atomic E-state index is 2.39. The molecule has 0 aliphatic heterocycles. The van der Waals surface area contributed by atoms with Crippen molar-refractivity contribution in [1.82, 2.24) is 4.57 Å². The summed E-state index contributed by atoms with van der Waals surface area (Å²) in [4.78, 5) is 2.37. The standard InChI is InChI=1S/C46H32N2/c1-4-14-33(15-5-1)34-24-27-38(28-25-34)47(36-16-6-2-7-17-36)45-31-30-39(40-20-10-11-21-41(40)45)35-26-29-43-42-22-12-13-23-44(42)48(46(43)32-35)37-18-8-3-9-19-37/h1-32H. The van der Waals surface area contributed by atoms with Crippen LogP contribution in [0.25, 0.3) is 60.5 Å². The number of hydrogen-bond acceptors (Lipinski definition) is 1. The quantitative estimate of drug-likeness (QED) is 0.181. The number of fused-ring (bicyclic) bond motifs is 4. The van der Waals surface area contributed by atoms with Crippen molar-refractivity contribution in [3.63, 3.8) is 0 Å². The Kier molecular flexibility index (Phi) is 6.84. The Labute approximate surface area is 280 Å². The highest BCUT2D eigenvalue weighted by Gasteiger charge is 2.19. The van der Waals surface area contributed by atoms with Gasteiger partial charge in [-0.25, -0.2) is 0 Å². The molecule has 0 saturated heterocycles. The van der Waals surface area contributed by atoms with Crippen molar-refractivity contribution in [3.8, 4) is 27.9 Å². The highest BCUT2D eigenvalue weighted by Crippen LogP contribution is 2.43. The molecule has 0 atom stereocenters. The molecule has 0 bridgehead atoms. The molecule has 0 aliphatic rings. The van der Waals surface area contributed by atoms with E-state index >= 15 is 0 Å². The lowest BCUT2D eigenvalue weighted by molar-refractivity contribution is 1.18. The molecule has 0 aliphatic carbocycles. The third-order valence-electron chi connectivity index (χ3n) is 9.39. The lowest BCUT2D eigenvalue weighted by atomic mass is 9.95. The molecule has 8 aromatic carbocycles. The van der Waals surface area contributed by atoms with Crippen molar-refractivity contribution in [2.45, 2.75) is 0 Å². The van der Waals surface area contributed by atoms with Crippen LogP contribution in [-0.4, -0.2) is 4.57 Å². The van der Waals surface area contributed by atoms with E-state index in [1.807, 2.05) is 0 Å². The molecule has 2 heteroatoms. The fourth-order valence-electron chi connectivity index (χ4n) is 7.16. The second kappa shape index (κ2) is 11.8. The fraction of sp³-hybridized carbons (Fsp3) is 0. The molecule has 9 rings (SSSR count). The first kappa shape index (κ1) is 27.9. The summed E-state index contributed by atoms with van der Waals surface area (Å²) in [5, 5.41) is 4.95. The van der Waals surface area contributed by atoms with Gasteiger partial charge in [0.15, 0.2) is 0 Å². The zero-order valence-electron chi connectivity index (χ0n) is 26.4. The van der Waals surface area contributed by atoms with Crippen LogP contribution in [0.3, 0.4) is 0 Å². The summed E-state index contributed by atoms with van der Waals surface area (Å²) in [6.45, 7) is 0. The van der Waals surface area contributed by atoms with E-state index in [4.69, 9.17) is 0 Å². The summed E-state index contributed by atoms with van der Waals surface area (Å²) in [6, 6.07) is 69.8. The van der Waals surface area contributed by atoms with Gasteiger partial charge < -0.3 is 9.47 Å². The average Bonchev–Trinajstić information content (AvgIpc) is 3.50. The maximum Gasteiger partial charge on any atom is 0.0547 e. The van der Waals surface area contributed by atoms with Crippen LogP contribution in [0.2, 0.25) is 0 Å². The summed E-state index contributed by atoms with van der Waals surface area (Å²) in [7, 11) is 0. The van der Waals surface area contributed by atoms with Crippen molar-refractivity contribution in [2.24, 2.45) is 0 Å². The van der Waals surface area contributed by atoms with Gasteiger partial charge in [-0.15, -0.1) is 0 Å². The third kappa shape index (κ3) is 4.74. The minimum Gasteiger partial charge on any atom is -0.310 e. The van der Waals surface area contributed by atoms with Gasteiger partial charge in [-0.1, -0.05) is 140 Å². The molecule has 0 spiro atoms. The SMILES string of the molecule is c1ccc(-c2ccc(N(c3ccccc3)c3ccc(-c4ccc5c6ccccc6n(-c6ccccc6)c5c4)c4ccccc34)cc2)cc1. The van der Waals surface area contributed by atoms with Gasteiger partial charge in [0.05, 0.1) is 16.7 Å². The summed E-state index contributed by atoms with van der Waals surface area (Å²) < 4.78 is 2.39. The van der Waals surface area contributed by atoms with Crippen LogP contribution in [0.1, 0.15) is 0 Å². The number of anilines is 3. The zero-order valence-corrected chi connectivity index (χ0v) is 26.4. The van der Waals surface area contributed by atoms with Gasteiger partial charge >= 0.3 is 0 Å². The average molecular weight is 613 g/mol. The summed E-state index contributed by atoms with van der Waals surface area (Å²) in [6.07, 6.45) is 0. The number of para-hydroxylation sites is 3. The normalized spacial score (nSPS) is 11.3. The number of benzene rings is 8. The molecule has 48 heavy (non-hydrogen) atoms. The smallest absolute Gasteiger partial charge is 0.0547 e. The van der Waals surface area contributed by atoms with Crippen LogP contribution in [0.15, 0.2) is 194 Å². The highest BCUT2D eigenvalue weighted by molar-refractivity contribution is 6.12. The Bertz CT molecular complexity index is 2530. The Hall–Kier alpha value is -6.38. The van der Waals surface area contributed by atoms with E-state index in [1.54, 1.807) is 0 Å². The van der Waals surface area contributed by atoms with Crippen LogP contribution in [0.4, 0.5) is 17.1 Å². The lowest BCUT2D eigenvalue weighted by Gasteiger charge is -2.27. The van der Waals surface area contributed by atoms with Crippen molar-refractivity contribution in [1.29, 1.82) is 0 Å². The van der Waals surface area contributed by atoms with E-state index < -0.39 is 0 Å². The topological polar surface area (TPSA) is 8.17 Å². The largest absolute Gasteiger partial charge is 0.310 e. The van der Waals surface area contributed by atoms with Gasteiger partial charge in [0.1, 0.15) is 0 Å². The minimum atomic E-state index is 1.12. The molecule has 2 nitrogen and oxygen atoms in total. The Morgan fingerprint density at radius 1 is 0.333 bits per heavy atom. The number of nitrogens with zero attached hydrogens (tertiary/aromatic N) is 2. The predicted molar refractivity (Wildman–Crippen MR) is 204 cm³/mol. The first-order valence-electron chi connectivity index (χ1n) is 16.4. The molecular weight excluding hydrogens is 581 g/mol. The Balaban J connectivity index is 1.22. The van der Waals surface area contributed by atoms with Gasteiger partial charge in [0, 0.05) is 33.2 Å². The molecule has 1 aromatic heterocycles. The molecule has 0 unspecified atom stereocenters. The first-order chi connectivity index (χ1) is 23.8. The van der Waals surface area contributed by atoms with E-state index in [0.717, 1.165) is 22.7 Å². The molecule has 9 aromatic rings. The number of aromatic nitrogens is 1. The summed E-state index contributed by atoms with van der Waals surface area (Å²) in [5.74, 6) is 0. The molecule has 1 heterocycles. The van der Waals surface area contributed by atoms with Crippen molar-refractivity contribution >= 4 is 49.6 Å². The van der Waals surface area contributed by atoms with Gasteiger partial charge in [-0.3, -0.25) is 0 Å². The van der Waals surface area contributed by atoms with E-state index in [-0.39, 0.29) is 0 Å². The molecule has 0 radical (unpaired) electrons. The van der Waals surface area contributed by atoms with E-state index in [2.05, 4.69) is 204 Å². The van der Waals surface area contributed by atoms with Crippen LogP contribution < -0.4 is 4.90 Å². The van der Waals surface area contributed by atoms with E-state index in [9.17, 15) is 0 Å². The Morgan fingerprint density at radius 3 is 1.62 bits per heavy atom. The number of rotatable bonds is 6. The second-order valence-electron chi connectivity index (χ2n) is 12.2. The van der Waals surface area contributed by atoms with Crippen LogP contribution in [0, 0.1) is 0 Å². The minimum absolute atomic E-state index is 1.12. The van der Waals surface area contributed by atoms with Gasteiger partial charge in [-0.2, -0.15) is 0 Å². The van der Waals surface area contributed by atoms with Crippen molar-refractivity contribution in [3.05, 3.63) is 194 Å². The molecule has 226 valence electrons. The highest BCUT2D eigenvalue weighted by atomic mass is 15.1. The van der Waals surface area contributed by atoms with E-state index in [0.29, 0.717) is 0 Å². The van der Waals surface area contributed by atoms with Crippen LogP contribution in [-0.2, 0) is 0 Å². The van der Waals surface area contributed by atoms with Crippen LogP contribution >= 0.6 is 0 Å². The van der Waals surface area contributed by atoms with Gasteiger partial charge in [0.25, 0.3) is 0 Å². The predicted octanol–water partition coefficient (Wildman–Crippen LogP) is 12.7. The monoisotopic (exact) mass is 612 g/mol. The van der Waals surface area contributed by atoms with Gasteiger partial charge in [0.2, 0.25) is 0 Å². The summed E-state index contributed by atoms with van der Waals surface area (Å²) in [5.41, 5.74) is 11.8. The lowest BCUT2D eigenvalue weighted by Crippen LogP contribution is -2.10. The Morgan fingerprint density at radius 2 is 0.875 bits per heavy atom. The third-order valence-corrected chi connectivity index (χ3v) is 9.39. The molecule has 0 N–H and O–H groups in total. The molecule has 0 fully saturated rings. The summed E-state index contributed by atoms with van der Waals surface area (Å²) >= 11 is 0. The maximum absolute atomic E-state index is 2.39. The second-order valence-corrected chi connectivity index (χ2v) is 12.2. The van der Waals surface area contributed by atoms with Gasteiger partial charge in [-0.05, 0) is 82.2 Å². The molecular formula is C46H32N2. The van der Waals surface area contributed by atoms with Crippen molar-refractivity contribution in [2.75, 3.05) is 4.90 Å².